The Hall–Kier alpha value is 0.610. The molecule has 0 aromatic rings. The van der Waals surface area contributed by atoms with E-state index >= 15 is 0 Å². The Morgan fingerprint density at radius 2 is 0.897 bits per heavy atom. The third kappa shape index (κ3) is 36.6. The van der Waals surface area contributed by atoms with Crippen LogP contribution in [0.2, 0.25) is 0 Å². The first kappa shape index (κ1) is 41.7. The summed E-state index contributed by atoms with van der Waals surface area (Å²) in [5, 5.41) is 0. The van der Waals surface area contributed by atoms with Crippen LogP contribution >= 0.6 is 0 Å². The molecule has 0 N–H and O–H groups in total. The minimum atomic E-state index is -4.62. The van der Waals surface area contributed by atoms with Gasteiger partial charge in [-0.25, -0.2) is 8.42 Å². The summed E-state index contributed by atoms with van der Waals surface area (Å²) in [6.07, 6.45) is 39.5. The second-order valence-corrected chi connectivity index (χ2v) is 12.6. The fourth-order valence-corrected chi connectivity index (χ4v) is 5.56. The second-order valence-electron chi connectivity index (χ2n) is 11.6. The van der Waals surface area contributed by atoms with E-state index in [2.05, 4.69) is 30.2 Å². The standard InChI is InChI=1S/C33H66O4S.Na/c1-3-5-7-9-11-13-15-17-18-19-21-23-25-27-29-31-33(32-37-38(34,35)36)30-28-26-24-22-20-16-14-12-10-8-6-4-2;/h28,30,33H,3-27,29,31-32H2,1-2H3,(H,34,35,36);/q;+1/p-1/b30-28+;. The molecule has 0 saturated carbocycles. The van der Waals surface area contributed by atoms with Gasteiger partial charge in [0.05, 0.1) is 6.61 Å². The van der Waals surface area contributed by atoms with Gasteiger partial charge in [-0.1, -0.05) is 180 Å². The van der Waals surface area contributed by atoms with Crippen LogP contribution in [-0.4, -0.2) is 19.6 Å². The molecule has 0 heterocycles. The Morgan fingerprint density at radius 1 is 0.564 bits per heavy atom. The minimum absolute atomic E-state index is 0. The van der Waals surface area contributed by atoms with Crippen LogP contribution < -0.4 is 29.6 Å². The SMILES string of the molecule is CCCCCCCCCCCC/C=C/C(CCCCCCCCCCCCCCCCC)COS(=O)(=O)[O-].[Na+]. The van der Waals surface area contributed by atoms with Gasteiger partial charge in [-0.2, -0.15) is 0 Å². The summed E-state index contributed by atoms with van der Waals surface area (Å²) in [7, 11) is -4.62. The Balaban J connectivity index is 0. The first-order valence-electron chi connectivity index (χ1n) is 16.8. The molecule has 0 aliphatic heterocycles. The zero-order valence-corrected chi connectivity index (χ0v) is 29.4. The summed E-state index contributed by atoms with van der Waals surface area (Å²) in [5.74, 6) is 0.0174. The Labute approximate surface area is 267 Å². The van der Waals surface area contributed by atoms with Crippen molar-refractivity contribution in [2.45, 2.75) is 187 Å². The van der Waals surface area contributed by atoms with Crippen LogP contribution in [0.3, 0.4) is 0 Å². The van der Waals surface area contributed by atoms with Crippen molar-refractivity contribution in [2.24, 2.45) is 5.92 Å². The summed E-state index contributed by atoms with van der Waals surface area (Å²) in [6, 6.07) is 0. The van der Waals surface area contributed by atoms with Crippen molar-refractivity contribution in [3.05, 3.63) is 12.2 Å². The summed E-state index contributed by atoms with van der Waals surface area (Å²) in [6.45, 7) is 4.52. The van der Waals surface area contributed by atoms with Crippen LogP contribution in [0, 0.1) is 5.92 Å². The van der Waals surface area contributed by atoms with E-state index in [1.807, 2.05) is 0 Å². The fraction of sp³-hybridized carbons (Fsp3) is 0.939. The van der Waals surface area contributed by atoms with Gasteiger partial charge in [0, 0.05) is 5.92 Å². The first-order valence-corrected chi connectivity index (χ1v) is 18.1. The number of allylic oxidation sites excluding steroid dienone is 1. The molecule has 0 radical (unpaired) electrons. The van der Waals surface area contributed by atoms with Crippen molar-refractivity contribution >= 4 is 10.4 Å². The van der Waals surface area contributed by atoms with Crippen LogP contribution in [0.15, 0.2) is 12.2 Å². The van der Waals surface area contributed by atoms with E-state index in [1.54, 1.807) is 0 Å². The zero-order chi connectivity index (χ0) is 28.0. The monoisotopic (exact) mass is 580 g/mol. The second kappa shape index (κ2) is 33.1. The number of hydrogen-bond donors (Lipinski definition) is 0. The molecule has 39 heavy (non-hydrogen) atoms. The van der Waals surface area contributed by atoms with E-state index in [4.69, 9.17) is 0 Å². The van der Waals surface area contributed by atoms with E-state index in [-0.39, 0.29) is 42.1 Å². The molecule has 0 aromatic carbocycles. The van der Waals surface area contributed by atoms with Crippen LogP contribution in [0.5, 0.6) is 0 Å². The molecule has 0 amide bonds. The van der Waals surface area contributed by atoms with Gasteiger partial charge in [-0.3, -0.25) is 4.18 Å². The summed E-state index contributed by atoms with van der Waals surface area (Å²) in [4.78, 5) is 0. The molecule has 228 valence electrons. The molecule has 0 saturated heterocycles. The van der Waals surface area contributed by atoms with E-state index < -0.39 is 10.4 Å². The zero-order valence-electron chi connectivity index (χ0n) is 26.6. The topological polar surface area (TPSA) is 66.4 Å². The first-order chi connectivity index (χ1) is 18.5. The van der Waals surface area contributed by atoms with Gasteiger partial charge in [0.1, 0.15) is 0 Å². The Bertz CT molecular complexity index is 595. The Morgan fingerprint density at radius 3 is 1.26 bits per heavy atom. The molecule has 6 heteroatoms. The summed E-state index contributed by atoms with van der Waals surface area (Å²) < 4.78 is 37.4. The van der Waals surface area contributed by atoms with E-state index in [9.17, 15) is 13.0 Å². The molecule has 4 nitrogen and oxygen atoms in total. The van der Waals surface area contributed by atoms with Crippen LogP contribution in [0.4, 0.5) is 0 Å². The molecule has 0 rings (SSSR count). The largest absolute Gasteiger partial charge is 1.00 e. The van der Waals surface area contributed by atoms with Crippen molar-refractivity contribution in [1.82, 2.24) is 0 Å². The molecular formula is C33H65NaO4S. The maximum atomic E-state index is 10.9. The average Bonchev–Trinajstić information content (AvgIpc) is 2.89. The maximum absolute atomic E-state index is 10.9. The van der Waals surface area contributed by atoms with Gasteiger partial charge < -0.3 is 4.55 Å². The quantitative estimate of drug-likeness (QED) is 0.0272. The number of rotatable bonds is 31. The van der Waals surface area contributed by atoms with Crippen molar-refractivity contribution in [3.63, 3.8) is 0 Å². The third-order valence-corrected chi connectivity index (χ3v) is 8.16. The van der Waals surface area contributed by atoms with Gasteiger partial charge >= 0.3 is 29.6 Å². The molecule has 1 atom stereocenters. The van der Waals surface area contributed by atoms with Gasteiger partial charge in [0.25, 0.3) is 0 Å². The number of hydrogen-bond acceptors (Lipinski definition) is 4. The van der Waals surface area contributed by atoms with E-state index in [0.717, 1.165) is 19.3 Å². The maximum Gasteiger partial charge on any atom is 1.00 e. The molecule has 0 aliphatic rings. The van der Waals surface area contributed by atoms with Gasteiger partial charge in [0.2, 0.25) is 10.4 Å². The normalized spacial score (nSPS) is 12.7. The van der Waals surface area contributed by atoms with Crippen LogP contribution in [0.25, 0.3) is 0 Å². The van der Waals surface area contributed by atoms with E-state index in [1.165, 1.54) is 154 Å². The average molecular weight is 581 g/mol. The molecule has 0 bridgehead atoms. The van der Waals surface area contributed by atoms with Gasteiger partial charge in [0.15, 0.2) is 0 Å². The fourth-order valence-electron chi connectivity index (χ4n) is 5.22. The molecule has 0 spiro atoms. The smallest absolute Gasteiger partial charge is 0.726 e. The predicted molar refractivity (Wildman–Crippen MR) is 164 cm³/mol. The number of unbranched alkanes of at least 4 members (excludes halogenated alkanes) is 24. The molecular weight excluding hydrogens is 515 g/mol. The third-order valence-electron chi connectivity index (χ3n) is 7.74. The van der Waals surface area contributed by atoms with Crippen LogP contribution in [-0.2, 0) is 14.6 Å². The minimum Gasteiger partial charge on any atom is -0.726 e. The molecule has 1 unspecified atom stereocenters. The van der Waals surface area contributed by atoms with Crippen molar-refractivity contribution in [3.8, 4) is 0 Å². The van der Waals surface area contributed by atoms with Crippen molar-refractivity contribution < 1.29 is 46.7 Å². The van der Waals surface area contributed by atoms with Gasteiger partial charge in [-0.15, -0.1) is 0 Å². The summed E-state index contributed by atoms with van der Waals surface area (Å²) >= 11 is 0. The van der Waals surface area contributed by atoms with Gasteiger partial charge in [-0.05, 0) is 19.3 Å². The van der Waals surface area contributed by atoms with E-state index in [0.29, 0.717) is 0 Å². The van der Waals surface area contributed by atoms with Crippen molar-refractivity contribution in [2.75, 3.05) is 6.61 Å². The molecule has 0 fully saturated rings. The Kier molecular flexibility index (Phi) is 35.4. The van der Waals surface area contributed by atoms with Crippen LogP contribution in [0.1, 0.15) is 187 Å². The summed E-state index contributed by atoms with van der Waals surface area (Å²) in [5.41, 5.74) is 0. The molecule has 0 aliphatic carbocycles. The predicted octanol–water partition coefficient (Wildman–Crippen LogP) is 8.21. The molecule has 0 aromatic heterocycles. The van der Waals surface area contributed by atoms with Crippen molar-refractivity contribution in [1.29, 1.82) is 0 Å².